The predicted octanol–water partition coefficient (Wildman–Crippen LogP) is 3.63. The number of hydrogen-bond donors (Lipinski definition) is 2. The molecule has 11 nitrogen and oxygen atoms in total. The maximum atomic E-state index is 13.5. The Morgan fingerprint density at radius 2 is 2.08 bits per heavy atom. The number of urea groups is 1. The Labute approximate surface area is 229 Å². The number of nitrogens with one attached hydrogen (secondary N) is 2. The van der Waals surface area contributed by atoms with E-state index in [1.54, 1.807) is 25.1 Å². The summed E-state index contributed by atoms with van der Waals surface area (Å²) in [5, 5.41) is 4.71. The quantitative estimate of drug-likeness (QED) is 0.546. The second-order valence-electron chi connectivity index (χ2n) is 10.6. The largest absolute Gasteiger partial charge is 0.491 e. The standard InChI is InChI=1S/C26H31F3N6O5/c1-14-9-19-22(33-21(14)23(36)31-15(2)26(27,28)29)35(16-6-8-34(19)11-16)24(37)32-20-10-17(5-7-30-20)38-12-18-13-39-25(3,4)40-18/h5,7,9-10,15-16,18H,6,8,11-13H2,1-4H3,(H,31,36)(H,30,32,37)/t15?,16-,18?/m0/s1. The van der Waals surface area contributed by atoms with E-state index >= 15 is 0 Å². The van der Waals surface area contributed by atoms with Gasteiger partial charge < -0.3 is 24.4 Å². The van der Waals surface area contributed by atoms with Crippen LogP contribution >= 0.6 is 0 Å². The monoisotopic (exact) mass is 564 g/mol. The van der Waals surface area contributed by atoms with Gasteiger partial charge in [0.2, 0.25) is 0 Å². The smallest absolute Gasteiger partial charge is 0.408 e. The van der Waals surface area contributed by atoms with Gasteiger partial charge in [-0.05, 0) is 51.8 Å². The van der Waals surface area contributed by atoms with E-state index in [1.807, 2.05) is 24.1 Å². The summed E-state index contributed by atoms with van der Waals surface area (Å²) in [7, 11) is 0. The number of carbonyl (C=O) groups excluding carboxylic acids is 2. The number of nitrogens with zero attached hydrogens (tertiary/aromatic N) is 4. The summed E-state index contributed by atoms with van der Waals surface area (Å²) >= 11 is 0. The number of aromatic nitrogens is 2. The molecule has 2 fully saturated rings. The number of halogens is 3. The van der Waals surface area contributed by atoms with E-state index in [0.717, 1.165) is 6.92 Å². The highest BCUT2D eigenvalue weighted by molar-refractivity contribution is 6.05. The molecule has 14 heteroatoms. The van der Waals surface area contributed by atoms with Crippen LogP contribution in [0.5, 0.6) is 5.75 Å². The molecule has 3 aliphatic heterocycles. The molecule has 3 amide bonds. The van der Waals surface area contributed by atoms with Gasteiger partial charge in [0, 0.05) is 25.4 Å². The van der Waals surface area contributed by atoms with Gasteiger partial charge >= 0.3 is 12.2 Å². The van der Waals surface area contributed by atoms with Crippen LogP contribution in [0.1, 0.15) is 43.2 Å². The molecule has 5 rings (SSSR count). The first-order valence-electron chi connectivity index (χ1n) is 13.0. The minimum atomic E-state index is -4.60. The highest BCUT2D eigenvalue weighted by Gasteiger charge is 2.42. The van der Waals surface area contributed by atoms with Gasteiger partial charge in [-0.3, -0.25) is 15.0 Å². The second kappa shape index (κ2) is 10.4. The topological polar surface area (TPSA) is 118 Å². The molecule has 3 aliphatic rings. The second-order valence-corrected chi connectivity index (χ2v) is 10.6. The highest BCUT2D eigenvalue weighted by atomic mass is 19.4. The molecule has 40 heavy (non-hydrogen) atoms. The Hall–Kier alpha value is -3.65. The van der Waals surface area contributed by atoms with Crippen LogP contribution in [0.25, 0.3) is 0 Å². The lowest BCUT2D eigenvalue weighted by Crippen LogP contribution is -2.49. The normalized spacial score (nSPS) is 22.1. The van der Waals surface area contributed by atoms with Gasteiger partial charge in [-0.2, -0.15) is 13.2 Å². The zero-order valence-corrected chi connectivity index (χ0v) is 22.5. The fraction of sp³-hybridized carbons (Fsp3) is 0.538. The average Bonchev–Trinajstić information content (AvgIpc) is 3.45. The van der Waals surface area contributed by atoms with E-state index in [2.05, 4.69) is 15.3 Å². The number of amides is 3. The van der Waals surface area contributed by atoms with E-state index in [1.165, 1.54) is 11.1 Å². The van der Waals surface area contributed by atoms with Gasteiger partial charge in [-0.1, -0.05) is 0 Å². The van der Waals surface area contributed by atoms with E-state index < -0.39 is 29.9 Å². The van der Waals surface area contributed by atoms with Crippen molar-refractivity contribution >= 4 is 29.3 Å². The summed E-state index contributed by atoms with van der Waals surface area (Å²) in [5.74, 6) is -0.732. The Balaban J connectivity index is 1.34. The predicted molar refractivity (Wildman–Crippen MR) is 139 cm³/mol. The maximum Gasteiger partial charge on any atom is 0.408 e. The van der Waals surface area contributed by atoms with Crippen LogP contribution in [0, 0.1) is 6.92 Å². The molecule has 0 spiro atoms. The third kappa shape index (κ3) is 5.77. The average molecular weight is 565 g/mol. The molecule has 0 saturated carbocycles. The first-order valence-corrected chi connectivity index (χ1v) is 13.0. The Morgan fingerprint density at radius 1 is 1.30 bits per heavy atom. The van der Waals surface area contributed by atoms with Crippen LogP contribution in [0.4, 0.5) is 35.3 Å². The van der Waals surface area contributed by atoms with Gasteiger partial charge in [0.15, 0.2) is 11.6 Å². The third-order valence-electron chi connectivity index (χ3n) is 7.01. The number of carbonyl (C=O) groups is 2. The molecule has 2 bridgehead atoms. The van der Waals surface area contributed by atoms with Gasteiger partial charge in [-0.15, -0.1) is 0 Å². The molecule has 0 radical (unpaired) electrons. The van der Waals surface area contributed by atoms with Crippen molar-refractivity contribution in [2.45, 2.75) is 64.3 Å². The zero-order valence-electron chi connectivity index (χ0n) is 22.5. The van der Waals surface area contributed by atoms with E-state index in [4.69, 9.17) is 14.2 Å². The van der Waals surface area contributed by atoms with Gasteiger partial charge in [0.1, 0.15) is 36.0 Å². The minimum Gasteiger partial charge on any atom is -0.491 e. The minimum absolute atomic E-state index is 0.176. The number of aryl methyl sites for hydroxylation is 1. The van der Waals surface area contributed by atoms with Crippen molar-refractivity contribution in [3.8, 4) is 5.75 Å². The number of hydrogen-bond acceptors (Lipinski definition) is 8. The SMILES string of the molecule is Cc1cc2c(nc1C(=O)NC(C)C(F)(F)F)N(C(=O)Nc1cc(OCC3COC(C)(C)O3)ccn1)[C@H]1CCN2C1. The van der Waals surface area contributed by atoms with E-state index in [9.17, 15) is 22.8 Å². The number of ether oxygens (including phenoxy) is 3. The van der Waals surface area contributed by atoms with Crippen molar-refractivity contribution in [2.75, 3.05) is 41.4 Å². The first-order chi connectivity index (χ1) is 18.8. The van der Waals surface area contributed by atoms with Gasteiger partial charge in [0.05, 0.1) is 18.3 Å². The number of rotatable bonds is 6. The van der Waals surface area contributed by atoms with Crippen molar-refractivity contribution in [1.29, 1.82) is 0 Å². The van der Waals surface area contributed by atoms with E-state index in [-0.39, 0.29) is 36.1 Å². The molecule has 2 saturated heterocycles. The first kappa shape index (κ1) is 27.9. The van der Waals surface area contributed by atoms with E-state index in [0.29, 0.717) is 43.1 Å². The van der Waals surface area contributed by atoms with Crippen molar-refractivity contribution < 1.29 is 37.0 Å². The van der Waals surface area contributed by atoms with Crippen LogP contribution in [-0.4, -0.2) is 78.4 Å². The third-order valence-corrected chi connectivity index (χ3v) is 7.01. The molecule has 5 heterocycles. The molecule has 3 atom stereocenters. The van der Waals surface area contributed by atoms with Gasteiger partial charge in [-0.25, -0.2) is 14.8 Å². The van der Waals surface area contributed by atoms with Crippen LogP contribution in [-0.2, 0) is 9.47 Å². The molecule has 2 aromatic heterocycles. The Morgan fingerprint density at radius 3 is 2.77 bits per heavy atom. The molecule has 0 aliphatic carbocycles. The number of pyridine rings is 2. The molecular weight excluding hydrogens is 533 g/mol. The van der Waals surface area contributed by atoms with Crippen LogP contribution < -0.4 is 25.2 Å². The molecular formula is C26H31F3N6O5. The summed E-state index contributed by atoms with van der Waals surface area (Å²) in [6.07, 6.45) is -2.69. The number of fused-ring (bicyclic) bond motifs is 4. The van der Waals surface area contributed by atoms with Crippen LogP contribution in [0.15, 0.2) is 24.4 Å². The van der Waals surface area contributed by atoms with Crippen molar-refractivity contribution in [1.82, 2.24) is 15.3 Å². The lowest BCUT2D eigenvalue weighted by atomic mass is 10.1. The van der Waals surface area contributed by atoms with Crippen molar-refractivity contribution in [3.05, 3.63) is 35.7 Å². The maximum absolute atomic E-state index is 13.5. The van der Waals surface area contributed by atoms with Gasteiger partial charge in [0.25, 0.3) is 5.91 Å². The fourth-order valence-corrected chi connectivity index (χ4v) is 4.96. The lowest BCUT2D eigenvalue weighted by molar-refractivity contribution is -0.149. The number of anilines is 3. The fourth-order valence-electron chi connectivity index (χ4n) is 4.96. The summed E-state index contributed by atoms with van der Waals surface area (Å²) in [6, 6.07) is 2.08. The Bertz CT molecular complexity index is 1310. The lowest BCUT2D eigenvalue weighted by Gasteiger charge is -2.36. The number of alkyl halides is 3. The van der Waals surface area contributed by atoms with Crippen molar-refractivity contribution in [3.63, 3.8) is 0 Å². The van der Waals surface area contributed by atoms with Crippen molar-refractivity contribution in [2.24, 2.45) is 0 Å². The van der Waals surface area contributed by atoms with Crippen LogP contribution in [0.2, 0.25) is 0 Å². The molecule has 2 aromatic rings. The molecule has 2 unspecified atom stereocenters. The summed E-state index contributed by atoms with van der Waals surface area (Å²) in [4.78, 5) is 38.4. The zero-order chi connectivity index (χ0) is 28.8. The summed E-state index contributed by atoms with van der Waals surface area (Å²) in [6.45, 7) is 7.99. The summed E-state index contributed by atoms with van der Waals surface area (Å²) < 4.78 is 56.2. The highest BCUT2D eigenvalue weighted by Crippen LogP contribution is 2.40. The Kier molecular flexibility index (Phi) is 7.25. The molecule has 0 aromatic carbocycles. The summed E-state index contributed by atoms with van der Waals surface area (Å²) in [5.41, 5.74) is 0.862. The molecule has 2 N–H and O–H groups in total. The molecule has 216 valence electrons. The van der Waals surface area contributed by atoms with Crippen LogP contribution in [0.3, 0.4) is 0 Å².